The lowest BCUT2D eigenvalue weighted by atomic mass is 9.77. The number of likely N-dealkylation sites (N-methyl/N-ethyl adjacent to an activating group) is 3. The van der Waals surface area contributed by atoms with E-state index in [1.54, 1.807) is 20.8 Å². The Morgan fingerprint density at radius 1 is 0.945 bits per heavy atom. The summed E-state index contributed by atoms with van der Waals surface area (Å²) >= 11 is 0. The lowest BCUT2D eigenvalue weighted by Crippen LogP contribution is -2.59. The van der Waals surface area contributed by atoms with Crippen LogP contribution in [0.3, 0.4) is 0 Å². The Kier molecular flexibility index (Phi) is 20.7. The topological polar surface area (TPSA) is 226 Å². The summed E-state index contributed by atoms with van der Waals surface area (Å²) in [5, 5.41) is 59.9. The number of nitrogens with two attached hydrogens (primary N) is 1. The Balaban J connectivity index is 1.12. The number of hydrogen-bond donors (Lipinski definition) is 6. The van der Waals surface area contributed by atoms with E-state index in [2.05, 4.69) is 59.0 Å². The second-order valence-corrected chi connectivity index (χ2v) is 22.8. The number of unbranched alkanes of at least 4 members (excludes halogenated alkanes) is 1. The maximum Gasteiger partial charge on any atom is 0.311 e. The summed E-state index contributed by atoms with van der Waals surface area (Å²) in [5.74, 6) is -2.42. The van der Waals surface area contributed by atoms with Crippen molar-refractivity contribution >= 4 is 11.7 Å². The fraction of sp³-hybridized carbons (Fsp3) is 0.796. The van der Waals surface area contributed by atoms with Crippen LogP contribution in [0.25, 0.3) is 0 Å². The fourth-order valence-corrected chi connectivity index (χ4v) is 11.7. The van der Waals surface area contributed by atoms with E-state index in [9.17, 15) is 25.2 Å². The third-order valence-corrected chi connectivity index (χ3v) is 16.3. The normalized spacial score (nSPS) is 37.8. The first-order chi connectivity index (χ1) is 34.4. The standard InChI is InChI=1S/C54H93N9O10/c1-14-45-54(10,68)50(65)38(7)60(12)30-33(2)28-53(9,67)51(36(5)49(37(6)52(66)71-45)72-46-25-34(3)48(64)39(8)70-46)73-47-27-43(26-35(4)69-47)59(11)24-22-41-31-62(57-56-41)23-16-15-17-40-18-20-42(21-19-40)63-32-44(29-55)61(13)58-63/h18-21,31-39,43,45-51,58,64-65,67-68H,14-17,22-30,55H2,1-13H3/t33-,34+,35-,36+,37-,38-,39+,43+,45-,46+,47+,48-,49+,50?,51-,53-,54-/m1/s1. The Labute approximate surface area is 435 Å². The predicted octanol–water partition coefficient (Wildman–Crippen LogP) is 4.36. The van der Waals surface area contributed by atoms with Gasteiger partial charge in [0.1, 0.15) is 17.8 Å². The van der Waals surface area contributed by atoms with Crippen molar-refractivity contribution in [1.82, 2.24) is 35.3 Å². The zero-order chi connectivity index (χ0) is 53.5. The van der Waals surface area contributed by atoms with Crippen molar-refractivity contribution in [2.24, 2.45) is 29.4 Å². The van der Waals surface area contributed by atoms with E-state index in [1.165, 1.54) is 12.5 Å². The number of aryl methyl sites for hydroxylation is 2. The van der Waals surface area contributed by atoms with Crippen molar-refractivity contribution in [3.05, 3.63) is 53.6 Å². The van der Waals surface area contributed by atoms with Crippen molar-refractivity contribution in [2.45, 2.75) is 212 Å². The Bertz CT molecular complexity index is 2050. The Morgan fingerprint density at radius 2 is 1.64 bits per heavy atom. The molecule has 73 heavy (non-hydrogen) atoms. The third kappa shape index (κ3) is 15.0. The molecule has 2 aromatic rings. The molecule has 0 aliphatic carbocycles. The lowest BCUT2D eigenvalue weighted by Gasteiger charge is -2.47. The number of carbonyl (C=O) groups excluding carboxylic acids is 1. The van der Waals surface area contributed by atoms with Gasteiger partial charge < -0.3 is 59.6 Å². The molecule has 1 aromatic carbocycles. The predicted molar refractivity (Wildman–Crippen MR) is 279 cm³/mol. The highest BCUT2D eigenvalue weighted by Crippen LogP contribution is 2.39. The van der Waals surface area contributed by atoms with Crippen LogP contribution in [0.15, 0.2) is 42.4 Å². The number of nitrogens with one attached hydrogen (secondary N) is 1. The molecule has 4 aliphatic heterocycles. The van der Waals surface area contributed by atoms with Crippen LogP contribution in [0.5, 0.6) is 0 Å². The molecule has 1 unspecified atom stereocenters. The van der Waals surface area contributed by atoms with Gasteiger partial charge in [0.05, 0.1) is 59.1 Å². The van der Waals surface area contributed by atoms with E-state index in [-0.39, 0.29) is 30.4 Å². The molecular weight excluding hydrogens is 935 g/mol. The first-order valence-corrected chi connectivity index (χ1v) is 27.1. The molecule has 5 heterocycles. The molecule has 0 amide bonds. The van der Waals surface area contributed by atoms with Gasteiger partial charge in [-0.3, -0.25) is 19.5 Å². The highest BCUT2D eigenvalue weighted by Gasteiger charge is 2.50. The van der Waals surface area contributed by atoms with Crippen LogP contribution in [0.1, 0.15) is 125 Å². The molecule has 3 saturated heterocycles. The van der Waals surface area contributed by atoms with Gasteiger partial charge in [-0.1, -0.05) is 45.0 Å². The highest BCUT2D eigenvalue weighted by atomic mass is 16.7. The quantitative estimate of drug-likeness (QED) is 0.101. The average Bonchev–Trinajstić information content (AvgIpc) is 3.97. The minimum Gasteiger partial charge on any atom is -0.459 e. The summed E-state index contributed by atoms with van der Waals surface area (Å²) in [6, 6.07) is 8.17. The second-order valence-electron chi connectivity index (χ2n) is 22.8. The molecule has 3 fully saturated rings. The SMILES string of the molecule is CC[C@H]1OC(=O)[C@H](C)[C@@H](O[C@H]2C[C@H](C)[C@@H](O)[C@H](C)O2)[C@H](C)[C@@H](O[C@H]2C[C@@H](N(C)CCc3cn(CCCCc4ccc(N5C=C(CN)N(C)N5)cc4)nn3)C[C@@H](C)O2)[C@](C)(O)C[C@@H](C)CN(C)[C@H](C)C(O)[C@]1(C)O. The Morgan fingerprint density at radius 3 is 2.30 bits per heavy atom. The summed E-state index contributed by atoms with van der Waals surface area (Å²) in [5.41, 5.74) is 10.2. The van der Waals surface area contributed by atoms with Gasteiger partial charge in [0.25, 0.3) is 0 Å². The van der Waals surface area contributed by atoms with E-state index in [0.29, 0.717) is 32.4 Å². The number of aromatic nitrogens is 3. The minimum atomic E-state index is -1.78. The molecule has 17 atom stereocenters. The maximum atomic E-state index is 14.4. The Hall–Kier alpha value is -3.31. The number of aliphatic hydroxyl groups excluding tert-OH is 2. The molecule has 1 aromatic heterocycles. The van der Waals surface area contributed by atoms with Crippen LogP contribution < -0.4 is 16.3 Å². The van der Waals surface area contributed by atoms with E-state index in [4.69, 9.17) is 29.4 Å². The third-order valence-electron chi connectivity index (χ3n) is 16.3. The van der Waals surface area contributed by atoms with E-state index >= 15 is 0 Å². The van der Waals surface area contributed by atoms with E-state index in [0.717, 1.165) is 62.3 Å². The molecular formula is C54H93N9O10. The van der Waals surface area contributed by atoms with Gasteiger partial charge in [-0.15, -0.1) is 10.6 Å². The number of anilines is 1. The lowest BCUT2D eigenvalue weighted by molar-refractivity contribution is -0.290. The number of hydrogen-bond acceptors (Lipinski definition) is 18. The highest BCUT2D eigenvalue weighted by molar-refractivity contribution is 5.73. The zero-order valence-corrected chi connectivity index (χ0v) is 46.3. The van der Waals surface area contributed by atoms with E-state index < -0.39 is 84.3 Å². The number of esters is 1. The number of aliphatic hydroxyl groups is 4. The van der Waals surface area contributed by atoms with Crippen LogP contribution in [0.4, 0.5) is 5.69 Å². The van der Waals surface area contributed by atoms with Crippen LogP contribution in [0.2, 0.25) is 0 Å². The van der Waals surface area contributed by atoms with Crippen LogP contribution in [0, 0.1) is 23.7 Å². The molecule has 4 aliphatic rings. The number of benzene rings is 1. The summed E-state index contributed by atoms with van der Waals surface area (Å²) < 4.78 is 34.8. The van der Waals surface area contributed by atoms with Crippen molar-refractivity contribution in [3.63, 3.8) is 0 Å². The molecule has 414 valence electrons. The van der Waals surface area contributed by atoms with Crippen LogP contribution in [-0.2, 0) is 47.9 Å². The summed E-state index contributed by atoms with van der Waals surface area (Å²) in [7, 11) is 5.95. The van der Waals surface area contributed by atoms with Gasteiger partial charge in [0, 0.05) is 82.9 Å². The van der Waals surface area contributed by atoms with Gasteiger partial charge in [-0.2, -0.15) is 0 Å². The zero-order valence-electron chi connectivity index (χ0n) is 46.3. The van der Waals surface area contributed by atoms with E-state index in [1.807, 2.05) is 80.7 Å². The monoisotopic (exact) mass is 1030 g/mol. The maximum absolute atomic E-state index is 14.4. The molecule has 19 nitrogen and oxygen atoms in total. The van der Waals surface area contributed by atoms with Crippen molar-refractivity contribution in [3.8, 4) is 0 Å². The van der Waals surface area contributed by atoms with Gasteiger partial charge in [0.2, 0.25) is 0 Å². The summed E-state index contributed by atoms with van der Waals surface area (Å²) in [6.45, 7) is 20.9. The molecule has 0 spiro atoms. The number of nitrogens with zero attached hydrogens (tertiary/aromatic N) is 7. The molecule has 0 radical (unpaired) electrons. The number of carbonyl (C=O) groups is 1. The van der Waals surface area contributed by atoms with Crippen molar-refractivity contribution in [2.75, 3.05) is 45.8 Å². The van der Waals surface area contributed by atoms with Crippen molar-refractivity contribution in [1.29, 1.82) is 0 Å². The summed E-state index contributed by atoms with van der Waals surface area (Å²) in [4.78, 5) is 18.7. The molecule has 7 N–H and O–H groups in total. The molecule has 0 saturated carbocycles. The first kappa shape index (κ1) is 58.9. The second kappa shape index (κ2) is 25.7. The minimum absolute atomic E-state index is 0.0958. The van der Waals surface area contributed by atoms with Gasteiger partial charge >= 0.3 is 5.97 Å². The largest absolute Gasteiger partial charge is 0.459 e. The first-order valence-electron chi connectivity index (χ1n) is 27.1. The number of rotatable bonds is 16. The van der Waals surface area contributed by atoms with Gasteiger partial charge in [-0.25, -0.2) is 0 Å². The molecule has 19 heteroatoms. The van der Waals surface area contributed by atoms with Gasteiger partial charge in [-0.05, 0) is 124 Å². The number of ether oxygens (including phenoxy) is 5. The smallest absolute Gasteiger partial charge is 0.311 e. The fourth-order valence-electron chi connectivity index (χ4n) is 11.7. The van der Waals surface area contributed by atoms with Gasteiger partial charge in [0.15, 0.2) is 12.6 Å². The van der Waals surface area contributed by atoms with Crippen LogP contribution >= 0.6 is 0 Å². The number of cyclic esters (lactones) is 1. The molecule has 6 rings (SSSR count). The van der Waals surface area contributed by atoms with Crippen LogP contribution in [-0.4, -0.2) is 176 Å². The molecule has 0 bridgehead atoms. The number of hydrazine groups is 2. The average molecular weight is 1030 g/mol. The van der Waals surface area contributed by atoms with Crippen molar-refractivity contribution < 1.29 is 48.9 Å². The summed E-state index contributed by atoms with van der Waals surface area (Å²) in [6.07, 6.45) is 3.12.